The first-order chi connectivity index (χ1) is 15.6. The lowest BCUT2D eigenvalue weighted by Crippen LogP contribution is -2.32. The highest BCUT2D eigenvalue weighted by Gasteiger charge is 2.48. The van der Waals surface area contributed by atoms with Crippen LogP contribution in [0.3, 0.4) is 0 Å². The molecular weight excluding hydrogens is 402 g/mol. The van der Waals surface area contributed by atoms with Crippen molar-refractivity contribution in [2.75, 3.05) is 0 Å². The number of hydrogen-bond acceptors (Lipinski definition) is 0. The van der Waals surface area contributed by atoms with Crippen molar-refractivity contribution in [1.29, 1.82) is 0 Å². The fourth-order valence-electron chi connectivity index (χ4n) is 6.07. The Kier molecular flexibility index (Phi) is 6.76. The van der Waals surface area contributed by atoms with E-state index in [2.05, 4.69) is 77.6 Å². The van der Waals surface area contributed by atoms with E-state index in [1.165, 1.54) is 40.4 Å². The van der Waals surface area contributed by atoms with Crippen LogP contribution in [0.5, 0.6) is 0 Å². The van der Waals surface area contributed by atoms with Crippen LogP contribution in [-0.2, 0) is 25.7 Å². The number of benzene rings is 2. The van der Waals surface area contributed by atoms with Gasteiger partial charge in [0, 0.05) is 5.56 Å². The standard InChI is InChI=1S/C31H40BF/c1-7-11-22(2)18-24-13-9-8-12-23(24)16-17-25-19-28(26-14-10-15-27(26)29(25)33)32-20-30(3,4)31(5,6)21-32/h8-10,12-13,15,19H,2,7,11,14,16-18,20-21H2,1,3-6H3. The molecular formula is C31H40BF. The Bertz CT molecular complexity index is 1060. The predicted octanol–water partition coefficient (Wildman–Crippen LogP) is 7.85. The first kappa shape index (κ1) is 24.1. The van der Waals surface area contributed by atoms with E-state index in [0.717, 1.165) is 49.7 Å². The number of halogens is 1. The third-order valence-corrected chi connectivity index (χ3v) is 8.74. The molecule has 0 bridgehead atoms. The van der Waals surface area contributed by atoms with Crippen LogP contribution in [0.1, 0.15) is 75.3 Å². The molecule has 2 aliphatic rings. The molecule has 1 saturated heterocycles. The van der Waals surface area contributed by atoms with E-state index in [1.807, 2.05) is 6.08 Å². The van der Waals surface area contributed by atoms with Crippen LogP contribution in [0, 0.1) is 16.6 Å². The van der Waals surface area contributed by atoms with Gasteiger partial charge in [0.1, 0.15) is 5.82 Å². The molecule has 0 nitrogen and oxygen atoms in total. The molecule has 0 aromatic heterocycles. The molecule has 174 valence electrons. The van der Waals surface area contributed by atoms with Crippen molar-refractivity contribution >= 4 is 18.3 Å². The molecule has 0 unspecified atom stereocenters. The van der Waals surface area contributed by atoms with Gasteiger partial charge in [-0.15, -0.1) is 0 Å². The highest BCUT2D eigenvalue weighted by Crippen LogP contribution is 2.53. The van der Waals surface area contributed by atoms with Gasteiger partial charge in [-0.25, -0.2) is 4.39 Å². The maximum absolute atomic E-state index is 15.6. The molecule has 4 rings (SSSR count). The smallest absolute Gasteiger partial charge is 0.177 e. The third-order valence-electron chi connectivity index (χ3n) is 8.74. The van der Waals surface area contributed by atoms with Crippen LogP contribution in [0.15, 0.2) is 48.6 Å². The first-order valence-electron chi connectivity index (χ1n) is 12.9. The van der Waals surface area contributed by atoms with Crippen LogP contribution in [0.25, 0.3) is 6.08 Å². The van der Waals surface area contributed by atoms with Crippen molar-refractivity contribution in [1.82, 2.24) is 0 Å². The fraction of sp³-hybridized carbons (Fsp3) is 0.484. The maximum atomic E-state index is 15.6. The van der Waals surface area contributed by atoms with E-state index in [1.54, 1.807) is 0 Å². The average molecular weight is 442 g/mol. The van der Waals surface area contributed by atoms with Gasteiger partial charge < -0.3 is 0 Å². The molecule has 2 aromatic carbocycles. The van der Waals surface area contributed by atoms with Crippen molar-refractivity contribution in [2.45, 2.75) is 85.8 Å². The summed E-state index contributed by atoms with van der Waals surface area (Å²) >= 11 is 0. The first-order valence-corrected chi connectivity index (χ1v) is 12.9. The van der Waals surface area contributed by atoms with Gasteiger partial charge in [0.25, 0.3) is 0 Å². The Morgan fingerprint density at radius 2 is 1.64 bits per heavy atom. The number of allylic oxidation sites excluding steroid dienone is 2. The van der Waals surface area contributed by atoms with Crippen LogP contribution < -0.4 is 5.46 Å². The largest absolute Gasteiger partial charge is 0.206 e. The Morgan fingerprint density at radius 3 is 2.30 bits per heavy atom. The summed E-state index contributed by atoms with van der Waals surface area (Å²) in [6.07, 6.45) is 12.1. The predicted molar refractivity (Wildman–Crippen MR) is 143 cm³/mol. The van der Waals surface area contributed by atoms with Gasteiger partial charge >= 0.3 is 0 Å². The van der Waals surface area contributed by atoms with Crippen LogP contribution >= 0.6 is 0 Å². The fourth-order valence-corrected chi connectivity index (χ4v) is 6.07. The van der Waals surface area contributed by atoms with Gasteiger partial charge in [-0.1, -0.05) is 114 Å². The Labute approximate surface area is 201 Å². The summed E-state index contributed by atoms with van der Waals surface area (Å²) < 4.78 is 15.6. The Morgan fingerprint density at radius 1 is 1.00 bits per heavy atom. The zero-order valence-corrected chi connectivity index (χ0v) is 21.4. The lowest BCUT2D eigenvalue weighted by molar-refractivity contribution is 0.177. The number of aryl methyl sites for hydroxylation is 2. The van der Waals surface area contributed by atoms with Crippen LogP contribution in [0.2, 0.25) is 12.6 Å². The van der Waals surface area contributed by atoms with Crippen LogP contribution in [-0.4, -0.2) is 6.71 Å². The molecule has 0 amide bonds. The summed E-state index contributed by atoms with van der Waals surface area (Å²) in [4.78, 5) is 0. The van der Waals surface area contributed by atoms with Gasteiger partial charge in [0.2, 0.25) is 0 Å². The van der Waals surface area contributed by atoms with Gasteiger partial charge in [0.05, 0.1) is 0 Å². The van der Waals surface area contributed by atoms with Crippen molar-refractivity contribution in [3.8, 4) is 0 Å². The molecule has 2 aromatic rings. The van der Waals surface area contributed by atoms with Gasteiger partial charge in [-0.05, 0) is 65.2 Å². The minimum Gasteiger partial charge on any atom is -0.206 e. The topological polar surface area (TPSA) is 0 Å². The highest BCUT2D eigenvalue weighted by atomic mass is 19.1. The number of fused-ring (bicyclic) bond motifs is 1. The summed E-state index contributed by atoms with van der Waals surface area (Å²) in [7, 11) is 0. The van der Waals surface area contributed by atoms with Crippen molar-refractivity contribution in [3.63, 3.8) is 0 Å². The van der Waals surface area contributed by atoms with E-state index >= 15 is 4.39 Å². The summed E-state index contributed by atoms with van der Waals surface area (Å²) in [5, 5.41) is 0. The molecule has 1 aliphatic carbocycles. The molecule has 0 spiro atoms. The van der Waals surface area contributed by atoms with Crippen LogP contribution in [0.4, 0.5) is 4.39 Å². The molecule has 33 heavy (non-hydrogen) atoms. The molecule has 2 heteroatoms. The number of hydrogen-bond donors (Lipinski definition) is 0. The van der Waals surface area contributed by atoms with Gasteiger partial charge in [0.15, 0.2) is 6.71 Å². The molecule has 1 aliphatic heterocycles. The monoisotopic (exact) mass is 442 g/mol. The van der Waals surface area contributed by atoms with Gasteiger partial charge in [-0.3, -0.25) is 0 Å². The summed E-state index contributed by atoms with van der Waals surface area (Å²) in [5.41, 5.74) is 8.95. The lowest BCUT2D eigenvalue weighted by Gasteiger charge is -2.35. The maximum Gasteiger partial charge on any atom is 0.177 e. The van der Waals surface area contributed by atoms with Crippen molar-refractivity contribution < 1.29 is 4.39 Å². The van der Waals surface area contributed by atoms with E-state index in [0.29, 0.717) is 17.5 Å². The van der Waals surface area contributed by atoms with E-state index < -0.39 is 0 Å². The second-order valence-corrected chi connectivity index (χ2v) is 11.8. The molecule has 0 radical (unpaired) electrons. The Balaban J connectivity index is 1.61. The summed E-state index contributed by atoms with van der Waals surface area (Å²) in [5.74, 6) is 0.00638. The second kappa shape index (κ2) is 9.28. The molecule has 0 N–H and O–H groups in total. The van der Waals surface area contributed by atoms with E-state index in [9.17, 15) is 0 Å². The number of rotatable bonds is 8. The van der Waals surface area contributed by atoms with Gasteiger partial charge in [-0.2, -0.15) is 0 Å². The highest BCUT2D eigenvalue weighted by molar-refractivity contribution is 6.74. The normalized spacial score (nSPS) is 18.1. The average Bonchev–Trinajstić information content (AvgIpc) is 3.31. The van der Waals surface area contributed by atoms with E-state index in [-0.39, 0.29) is 5.82 Å². The van der Waals surface area contributed by atoms with E-state index in [4.69, 9.17) is 0 Å². The SMILES string of the molecule is C=C(CCC)Cc1ccccc1CCc1cc(B2CC(C)(C)C(C)(C)C2)c2c(c1F)C=CC2. The third kappa shape index (κ3) is 4.77. The van der Waals surface area contributed by atoms with Crippen molar-refractivity contribution in [3.05, 3.63) is 82.2 Å². The zero-order chi connectivity index (χ0) is 23.8. The molecule has 1 fully saturated rings. The summed E-state index contributed by atoms with van der Waals surface area (Å²) in [6, 6.07) is 10.9. The summed E-state index contributed by atoms with van der Waals surface area (Å²) in [6.45, 7) is 16.6. The lowest BCUT2D eigenvalue weighted by atomic mass is 9.41. The quantitative estimate of drug-likeness (QED) is 0.288. The Hall–Kier alpha value is -2.09. The molecule has 0 saturated carbocycles. The zero-order valence-electron chi connectivity index (χ0n) is 21.4. The minimum atomic E-state index is 0.00638. The molecule has 1 heterocycles. The van der Waals surface area contributed by atoms with Crippen molar-refractivity contribution in [2.24, 2.45) is 10.8 Å². The second-order valence-electron chi connectivity index (χ2n) is 11.8. The molecule has 0 atom stereocenters. The minimum absolute atomic E-state index is 0.00638.